The minimum atomic E-state index is 0.0666. The number of fused-ring (bicyclic) bond motifs is 1. The Morgan fingerprint density at radius 2 is 2.05 bits per heavy atom. The van der Waals surface area contributed by atoms with Crippen LogP contribution in [0.15, 0.2) is 12.7 Å². The number of hydrogen-bond donors (Lipinski definition) is 0. The molecule has 0 saturated carbocycles. The summed E-state index contributed by atoms with van der Waals surface area (Å²) in [7, 11) is 0. The van der Waals surface area contributed by atoms with Crippen LogP contribution >= 0.6 is 11.3 Å². The number of nitrogens with zero attached hydrogens (tertiary/aromatic N) is 2. The van der Waals surface area contributed by atoms with E-state index in [4.69, 9.17) is 4.98 Å². The fraction of sp³-hybridized carbons (Fsp3) is 0.600. The van der Waals surface area contributed by atoms with Crippen molar-refractivity contribution in [2.24, 2.45) is 0 Å². The van der Waals surface area contributed by atoms with E-state index < -0.39 is 0 Å². The van der Waals surface area contributed by atoms with E-state index in [-0.39, 0.29) is 5.91 Å². The summed E-state index contributed by atoms with van der Waals surface area (Å²) in [5, 5.41) is 1.32. The molecule has 0 bridgehead atoms. The van der Waals surface area contributed by atoms with Gasteiger partial charge in [0.2, 0.25) is 5.91 Å². The molecule has 102 valence electrons. The highest BCUT2D eigenvalue weighted by Gasteiger charge is 2.26. The zero-order valence-electron chi connectivity index (χ0n) is 11.2. The van der Waals surface area contributed by atoms with Gasteiger partial charge in [0.15, 0.2) is 0 Å². The van der Waals surface area contributed by atoms with E-state index in [0.717, 1.165) is 25.9 Å². The summed E-state index contributed by atoms with van der Waals surface area (Å²) in [5.41, 5.74) is 1.36. The van der Waals surface area contributed by atoms with Gasteiger partial charge in [-0.15, -0.1) is 11.3 Å². The molecule has 0 spiro atoms. The first-order chi connectivity index (χ1) is 9.28. The van der Waals surface area contributed by atoms with Crippen molar-refractivity contribution < 1.29 is 4.79 Å². The molecule has 1 aromatic rings. The summed E-state index contributed by atoms with van der Waals surface area (Å²) >= 11 is 1.92. The Bertz CT molecular complexity index is 463. The second kappa shape index (κ2) is 5.45. The molecular weight excluding hydrogens is 256 g/mol. The Morgan fingerprint density at radius 3 is 2.74 bits per heavy atom. The van der Waals surface area contributed by atoms with Crippen molar-refractivity contribution in [3.8, 4) is 0 Å². The molecule has 1 amide bonds. The lowest BCUT2D eigenvalue weighted by atomic mass is 9.97. The predicted molar refractivity (Wildman–Crippen MR) is 77.5 cm³/mol. The third kappa shape index (κ3) is 2.59. The molecule has 2 aliphatic rings. The van der Waals surface area contributed by atoms with Crippen LogP contribution in [0, 0.1) is 0 Å². The number of likely N-dealkylation sites (tertiary alicyclic amines) is 1. The highest BCUT2D eigenvalue weighted by atomic mass is 32.1. The summed E-state index contributed by atoms with van der Waals surface area (Å²) < 4.78 is 0. The predicted octanol–water partition coefficient (Wildman–Crippen LogP) is 2.91. The number of rotatable bonds is 2. The number of piperidine rings is 1. The average Bonchev–Trinajstić information content (AvgIpc) is 2.90. The standard InChI is InChI=1S/C15H20N2OS/c1-2-14(18)17-9-7-11(8-10-17)15-16-12-5-3-4-6-13(12)19-15/h2,11H,1,3-10H2. The average molecular weight is 276 g/mol. The lowest BCUT2D eigenvalue weighted by molar-refractivity contribution is -0.127. The fourth-order valence-electron chi connectivity index (χ4n) is 3.02. The minimum absolute atomic E-state index is 0.0666. The van der Waals surface area contributed by atoms with Gasteiger partial charge in [-0.2, -0.15) is 0 Å². The SMILES string of the molecule is C=CC(=O)N1CCC(c2nc3c(s2)CCCC3)CC1. The largest absolute Gasteiger partial charge is 0.339 e. The van der Waals surface area contributed by atoms with Crippen LogP contribution in [0.5, 0.6) is 0 Å². The van der Waals surface area contributed by atoms with Crippen molar-refractivity contribution in [2.45, 2.75) is 44.4 Å². The van der Waals surface area contributed by atoms with Crippen LogP contribution in [-0.2, 0) is 17.6 Å². The maximum absolute atomic E-state index is 11.6. The normalized spacial score (nSPS) is 20.1. The van der Waals surface area contributed by atoms with Crippen LogP contribution in [0.3, 0.4) is 0 Å². The van der Waals surface area contributed by atoms with E-state index in [2.05, 4.69) is 6.58 Å². The molecule has 3 nitrogen and oxygen atoms in total. The molecular formula is C15H20N2OS. The second-order valence-corrected chi connectivity index (χ2v) is 6.55. The summed E-state index contributed by atoms with van der Waals surface area (Å²) in [6.45, 7) is 5.25. The Labute approximate surface area is 118 Å². The van der Waals surface area contributed by atoms with Gasteiger partial charge in [0, 0.05) is 23.9 Å². The van der Waals surface area contributed by atoms with Crippen molar-refractivity contribution in [3.05, 3.63) is 28.2 Å². The smallest absolute Gasteiger partial charge is 0.245 e. The Balaban J connectivity index is 1.66. The Hall–Kier alpha value is -1.16. The number of aryl methyl sites for hydroxylation is 2. The third-order valence-corrected chi connectivity index (χ3v) is 5.51. The molecule has 1 fully saturated rings. The van der Waals surface area contributed by atoms with Gasteiger partial charge < -0.3 is 4.90 Å². The van der Waals surface area contributed by atoms with Crippen molar-refractivity contribution in [1.82, 2.24) is 9.88 Å². The molecule has 4 heteroatoms. The van der Waals surface area contributed by atoms with E-state index >= 15 is 0 Å². The van der Waals surface area contributed by atoms with E-state index in [1.54, 1.807) is 0 Å². The van der Waals surface area contributed by atoms with Crippen LogP contribution in [0.25, 0.3) is 0 Å². The highest BCUT2D eigenvalue weighted by molar-refractivity contribution is 7.11. The molecule has 1 saturated heterocycles. The first-order valence-electron chi connectivity index (χ1n) is 7.17. The van der Waals surface area contributed by atoms with Crippen molar-refractivity contribution in [3.63, 3.8) is 0 Å². The summed E-state index contributed by atoms with van der Waals surface area (Å²) in [6.07, 6.45) is 8.52. The monoisotopic (exact) mass is 276 g/mol. The molecule has 0 atom stereocenters. The van der Waals surface area contributed by atoms with Crippen LogP contribution in [0.4, 0.5) is 0 Å². The molecule has 3 rings (SSSR count). The summed E-state index contributed by atoms with van der Waals surface area (Å²) in [5.74, 6) is 0.626. The van der Waals surface area contributed by atoms with Crippen LogP contribution in [0.2, 0.25) is 0 Å². The molecule has 1 aliphatic carbocycles. The second-order valence-electron chi connectivity index (χ2n) is 5.43. The first-order valence-corrected chi connectivity index (χ1v) is 7.99. The maximum atomic E-state index is 11.6. The van der Waals surface area contributed by atoms with Gasteiger partial charge in [-0.25, -0.2) is 4.98 Å². The lowest BCUT2D eigenvalue weighted by Gasteiger charge is -2.30. The molecule has 0 aromatic carbocycles. The molecule has 0 unspecified atom stereocenters. The molecule has 0 radical (unpaired) electrons. The zero-order chi connectivity index (χ0) is 13.2. The van der Waals surface area contributed by atoms with Crippen LogP contribution in [0.1, 0.15) is 47.2 Å². The third-order valence-electron chi connectivity index (χ3n) is 4.19. The fourth-order valence-corrected chi connectivity index (χ4v) is 4.35. The molecule has 1 aliphatic heterocycles. The van der Waals surface area contributed by atoms with Crippen molar-refractivity contribution in [2.75, 3.05) is 13.1 Å². The lowest BCUT2D eigenvalue weighted by Crippen LogP contribution is -2.36. The summed E-state index contributed by atoms with van der Waals surface area (Å²) in [6, 6.07) is 0. The van der Waals surface area contributed by atoms with Gasteiger partial charge in [-0.05, 0) is 44.6 Å². The molecule has 0 N–H and O–H groups in total. The Kier molecular flexibility index (Phi) is 3.69. The Morgan fingerprint density at radius 1 is 1.32 bits per heavy atom. The van der Waals surface area contributed by atoms with Gasteiger partial charge in [0.1, 0.15) is 0 Å². The minimum Gasteiger partial charge on any atom is -0.339 e. The van der Waals surface area contributed by atoms with E-state index in [0.29, 0.717) is 5.92 Å². The van der Waals surface area contributed by atoms with Gasteiger partial charge in [-0.3, -0.25) is 4.79 Å². The van der Waals surface area contributed by atoms with E-state index in [1.807, 2.05) is 16.2 Å². The van der Waals surface area contributed by atoms with E-state index in [9.17, 15) is 4.79 Å². The van der Waals surface area contributed by atoms with Crippen molar-refractivity contribution in [1.29, 1.82) is 0 Å². The van der Waals surface area contributed by atoms with Gasteiger partial charge in [0.05, 0.1) is 10.7 Å². The van der Waals surface area contributed by atoms with Crippen molar-refractivity contribution >= 4 is 17.2 Å². The topological polar surface area (TPSA) is 33.2 Å². The quantitative estimate of drug-likeness (QED) is 0.778. The highest BCUT2D eigenvalue weighted by Crippen LogP contribution is 2.35. The number of amides is 1. The van der Waals surface area contributed by atoms with Gasteiger partial charge in [0.25, 0.3) is 0 Å². The van der Waals surface area contributed by atoms with Crippen LogP contribution in [-0.4, -0.2) is 28.9 Å². The number of carbonyl (C=O) groups is 1. The van der Waals surface area contributed by atoms with E-state index in [1.165, 1.54) is 47.3 Å². The summed E-state index contributed by atoms with van der Waals surface area (Å²) in [4.78, 5) is 19.8. The number of carbonyl (C=O) groups excluding carboxylic acids is 1. The number of thiazole rings is 1. The molecule has 19 heavy (non-hydrogen) atoms. The van der Waals surface area contributed by atoms with Gasteiger partial charge >= 0.3 is 0 Å². The number of aromatic nitrogens is 1. The zero-order valence-corrected chi connectivity index (χ0v) is 12.0. The first kappa shape index (κ1) is 12.9. The number of hydrogen-bond acceptors (Lipinski definition) is 3. The molecule has 2 heterocycles. The molecule has 1 aromatic heterocycles. The van der Waals surface area contributed by atoms with Gasteiger partial charge in [-0.1, -0.05) is 6.58 Å². The maximum Gasteiger partial charge on any atom is 0.245 e. The van der Waals surface area contributed by atoms with Crippen LogP contribution < -0.4 is 0 Å².